The number of amides is 1. The standard InChI is InChI=1S/C18H22N4O2/c1-12-5-4-6-15(14(12)3)20-17(23)16-11-13(2)19-18(21-16)22-7-9-24-10-8-22/h4-6,11H,7-10H2,1-3H3,(H,20,23). The van der Waals surface area contributed by atoms with Gasteiger partial charge in [-0.2, -0.15) is 0 Å². The molecule has 0 aliphatic carbocycles. The lowest BCUT2D eigenvalue weighted by Gasteiger charge is -2.27. The van der Waals surface area contributed by atoms with Crippen LogP contribution in [0.2, 0.25) is 0 Å². The number of aromatic nitrogens is 2. The smallest absolute Gasteiger partial charge is 0.274 e. The van der Waals surface area contributed by atoms with Gasteiger partial charge in [0, 0.05) is 24.5 Å². The quantitative estimate of drug-likeness (QED) is 0.938. The lowest BCUT2D eigenvalue weighted by atomic mass is 10.1. The molecule has 0 atom stereocenters. The summed E-state index contributed by atoms with van der Waals surface area (Å²) in [5.74, 6) is 0.369. The van der Waals surface area contributed by atoms with Gasteiger partial charge in [0.1, 0.15) is 5.69 Å². The normalized spacial score (nSPS) is 14.5. The Kier molecular flexibility index (Phi) is 4.76. The number of carbonyl (C=O) groups is 1. The predicted octanol–water partition coefficient (Wildman–Crippen LogP) is 2.49. The molecular formula is C18H22N4O2. The summed E-state index contributed by atoms with van der Waals surface area (Å²) in [7, 11) is 0. The first-order valence-corrected chi connectivity index (χ1v) is 8.10. The van der Waals surface area contributed by atoms with Gasteiger partial charge in [-0.25, -0.2) is 9.97 Å². The molecule has 0 unspecified atom stereocenters. The van der Waals surface area contributed by atoms with Gasteiger partial charge in [-0.15, -0.1) is 0 Å². The Labute approximate surface area is 141 Å². The van der Waals surface area contributed by atoms with E-state index in [9.17, 15) is 4.79 Å². The van der Waals surface area contributed by atoms with Crippen molar-refractivity contribution in [3.63, 3.8) is 0 Å². The number of anilines is 2. The summed E-state index contributed by atoms with van der Waals surface area (Å²) in [6, 6.07) is 7.57. The molecule has 6 nitrogen and oxygen atoms in total. The number of hydrogen-bond acceptors (Lipinski definition) is 5. The summed E-state index contributed by atoms with van der Waals surface area (Å²) < 4.78 is 5.36. The van der Waals surface area contributed by atoms with Crippen molar-refractivity contribution in [1.82, 2.24) is 9.97 Å². The molecule has 1 aliphatic rings. The fourth-order valence-corrected chi connectivity index (χ4v) is 2.65. The molecule has 1 aliphatic heterocycles. The van der Waals surface area contributed by atoms with Crippen LogP contribution in [0.4, 0.5) is 11.6 Å². The molecule has 0 bridgehead atoms. The Morgan fingerprint density at radius 2 is 1.92 bits per heavy atom. The van der Waals surface area contributed by atoms with Gasteiger partial charge in [0.2, 0.25) is 5.95 Å². The third-order valence-corrected chi connectivity index (χ3v) is 4.22. The number of nitrogens with zero attached hydrogens (tertiary/aromatic N) is 3. The van der Waals surface area contributed by atoms with Gasteiger partial charge in [-0.3, -0.25) is 4.79 Å². The van der Waals surface area contributed by atoms with E-state index >= 15 is 0 Å². The first-order valence-electron chi connectivity index (χ1n) is 8.10. The van der Waals surface area contributed by atoms with Crippen LogP contribution in [0, 0.1) is 20.8 Å². The predicted molar refractivity (Wildman–Crippen MR) is 93.7 cm³/mol. The summed E-state index contributed by atoms with van der Waals surface area (Å²) in [4.78, 5) is 23.6. The number of aryl methyl sites for hydroxylation is 2. The van der Waals surface area contributed by atoms with Crippen molar-refractivity contribution >= 4 is 17.5 Å². The third-order valence-electron chi connectivity index (χ3n) is 4.22. The Hall–Kier alpha value is -2.47. The summed E-state index contributed by atoms with van der Waals surface area (Å²) in [5.41, 5.74) is 4.16. The van der Waals surface area contributed by atoms with Crippen LogP contribution < -0.4 is 10.2 Å². The average Bonchev–Trinajstić information content (AvgIpc) is 2.59. The van der Waals surface area contributed by atoms with E-state index in [0.29, 0.717) is 24.9 Å². The zero-order chi connectivity index (χ0) is 17.1. The van der Waals surface area contributed by atoms with Gasteiger partial charge < -0.3 is 15.0 Å². The van der Waals surface area contributed by atoms with Crippen LogP contribution in [0.5, 0.6) is 0 Å². The maximum Gasteiger partial charge on any atom is 0.274 e. The third kappa shape index (κ3) is 3.54. The zero-order valence-electron chi connectivity index (χ0n) is 14.3. The summed E-state index contributed by atoms with van der Waals surface area (Å²) in [5, 5.41) is 2.95. The fourth-order valence-electron chi connectivity index (χ4n) is 2.65. The van der Waals surface area contributed by atoms with Crippen LogP contribution in [0.15, 0.2) is 24.3 Å². The molecule has 0 saturated carbocycles. The summed E-state index contributed by atoms with van der Waals surface area (Å²) >= 11 is 0. The van der Waals surface area contributed by atoms with Crippen molar-refractivity contribution in [3.05, 3.63) is 46.8 Å². The van der Waals surface area contributed by atoms with E-state index in [2.05, 4.69) is 15.3 Å². The minimum Gasteiger partial charge on any atom is -0.378 e. The van der Waals surface area contributed by atoms with Crippen LogP contribution in [0.3, 0.4) is 0 Å². The van der Waals surface area contributed by atoms with Crippen LogP contribution >= 0.6 is 0 Å². The topological polar surface area (TPSA) is 67.4 Å². The Morgan fingerprint density at radius 1 is 1.17 bits per heavy atom. The largest absolute Gasteiger partial charge is 0.378 e. The lowest BCUT2D eigenvalue weighted by Crippen LogP contribution is -2.37. The first-order chi connectivity index (χ1) is 11.5. The van der Waals surface area contributed by atoms with E-state index in [1.54, 1.807) is 6.07 Å². The number of ether oxygens (including phenoxy) is 1. The SMILES string of the molecule is Cc1cc(C(=O)Nc2cccc(C)c2C)nc(N2CCOCC2)n1. The number of carbonyl (C=O) groups excluding carboxylic acids is 1. The van der Waals surface area contributed by atoms with Crippen molar-refractivity contribution in [2.45, 2.75) is 20.8 Å². The highest BCUT2D eigenvalue weighted by Gasteiger charge is 2.18. The van der Waals surface area contributed by atoms with Gasteiger partial charge in [0.15, 0.2) is 0 Å². The molecule has 2 heterocycles. The van der Waals surface area contributed by atoms with Crippen molar-refractivity contribution in [1.29, 1.82) is 0 Å². The summed E-state index contributed by atoms with van der Waals surface area (Å²) in [6.07, 6.45) is 0. The molecule has 2 aromatic rings. The van der Waals surface area contributed by atoms with E-state index < -0.39 is 0 Å². The number of rotatable bonds is 3. The van der Waals surface area contributed by atoms with E-state index in [0.717, 1.165) is 35.6 Å². The second kappa shape index (κ2) is 6.97. The first kappa shape index (κ1) is 16.4. The molecule has 1 fully saturated rings. The van der Waals surface area contributed by atoms with Gasteiger partial charge in [0.05, 0.1) is 13.2 Å². The molecule has 0 radical (unpaired) electrons. The molecule has 24 heavy (non-hydrogen) atoms. The van der Waals surface area contributed by atoms with Crippen molar-refractivity contribution in [2.75, 3.05) is 36.5 Å². The van der Waals surface area contributed by atoms with E-state index in [1.165, 1.54) is 0 Å². The molecule has 3 rings (SSSR count). The molecule has 6 heteroatoms. The zero-order valence-corrected chi connectivity index (χ0v) is 14.3. The number of morpholine rings is 1. The second-order valence-electron chi connectivity index (χ2n) is 6.00. The Morgan fingerprint density at radius 3 is 2.67 bits per heavy atom. The molecule has 126 valence electrons. The molecule has 0 spiro atoms. The maximum atomic E-state index is 12.6. The van der Waals surface area contributed by atoms with Crippen LogP contribution in [0.1, 0.15) is 27.3 Å². The minimum atomic E-state index is -0.219. The van der Waals surface area contributed by atoms with Gasteiger partial charge in [0.25, 0.3) is 5.91 Å². The Balaban J connectivity index is 1.84. The average molecular weight is 326 g/mol. The molecule has 1 N–H and O–H groups in total. The molecular weight excluding hydrogens is 304 g/mol. The van der Waals surface area contributed by atoms with Crippen LogP contribution in [0.25, 0.3) is 0 Å². The van der Waals surface area contributed by atoms with Crippen LogP contribution in [-0.2, 0) is 4.74 Å². The van der Waals surface area contributed by atoms with Crippen molar-refractivity contribution < 1.29 is 9.53 Å². The van der Waals surface area contributed by atoms with E-state index in [-0.39, 0.29) is 5.91 Å². The molecule has 1 amide bonds. The van der Waals surface area contributed by atoms with Crippen LogP contribution in [-0.4, -0.2) is 42.2 Å². The number of benzene rings is 1. The van der Waals surface area contributed by atoms with E-state index in [1.807, 2.05) is 43.9 Å². The van der Waals surface area contributed by atoms with Gasteiger partial charge in [-0.1, -0.05) is 12.1 Å². The highest BCUT2D eigenvalue weighted by molar-refractivity contribution is 6.03. The molecule has 1 saturated heterocycles. The van der Waals surface area contributed by atoms with Gasteiger partial charge in [-0.05, 0) is 44.0 Å². The van der Waals surface area contributed by atoms with Gasteiger partial charge >= 0.3 is 0 Å². The van der Waals surface area contributed by atoms with Crippen molar-refractivity contribution in [2.24, 2.45) is 0 Å². The van der Waals surface area contributed by atoms with Crippen molar-refractivity contribution in [3.8, 4) is 0 Å². The molecule has 1 aromatic carbocycles. The monoisotopic (exact) mass is 326 g/mol. The number of hydrogen-bond donors (Lipinski definition) is 1. The number of nitrogens with one attached hydrogen (secondary N) is 1. The summed E-state index contributed by atoms with van der Waals surface area (Å²) in [6.45, 7) is 8.68. The lowest BCUT2D eigenvalue weighted by molar-refractivity contribution is 0.102. The minimum absolute atomic E-state index is 0.219. The fraction of sp³-hybridized carbons (Fsp3) is 0.389. The maximum absolute atomic E-state index is 12.6. The highest BCUT2D eigenvalue weighted by Crippen LogP contribution is 2.19. The highest BCUT2D eigenvalue weighted by atomic mass is 16.5. The second-order valence-corrected chi connectivity index (χ2v) is 6.00. The Bertz CT molecular complexity index is 755. The van der Waals surface area contributed by atoms with E-state index in [4.69, 9.17) is 4.74 Å². The molecule has 1 aromatic heterocycles.